The van der Waals surface area contributed by atoms with E-state index < -0.39 is 23.7 Å². The number of methoxy groups -OCH3 is 1. The molecular weight excluding hydrogens is 500 g/mol. The van der Waals surface area contributed by atoms with Crippen LogP contribution in [-0.4, -0.2) is 88.8 Å². The second kappa shape index (κ2) is 11.2. The number of carbonyl (C=O) groups is 3. The Morgan fingerprint density at radius 1 is 1.05 bits per heavy atom. The van der Waals surface area contributed by atoms with Crippen molar-refractivity contribution in [3.8, 4) is 5.69 Å². The first-order valence-corrected chi connectivity index (χ1v) is 12.8. The largest absolute Gasteiger partial charge is 0.507 e. The number of nitrogens with zero attached hydrogens (tertiary/aromatic N) is 4. The lowest BCUT2D eigenvalue weighted by Gasteiger charge is -2.31. The summed E-state index contributed by atoms with van der Waals surface area (Å²) in [6, 6.07) is 15.1. The van der Waals surface area contributed by atoms with E-state index >= 15 is 0 Å². The van der Waals surface area contributed by atoms with Gasteiger partial charge in [0.25, 0.3) is 11.7 Å². The number of esters is 1. The molecule has 202 valence electrons. The van der Waals surface area contributed by atoms with Crippen molar-refractivity contribution in [1.82, 2.24) is 19.6 Å². The quantitative estimate of drug-likeness (QED) is 0.215. The van der Waals surface area contributed by atoms with Crippen molar-refractivity contribution in [2.75, 3.05) is 46.5 Å². The molecule has 0 aliphatic carbocycles. The number of benzene rings is 2. The van der Waals surface area contributed by atoms with E-state index in [4.69, 9.17) is 9.47 Å². The maximum atomic E-state index is 13.4. The highest BCUT2D eigenvalue weighted by Gasteiger charge is 2.46. The predicted molar refractivity (Wildman–Crippen MR) is 142 cm³/mol. The molecule has 1 aromatic heterocycles. The summed E-state index contributed by atoms with van der Waals surface area (Å²) in [7, 11) is 1.30. The molecule has 2 aromatic carbocycles. The van der Waals surface area contributed by atoms with Crippen LogP contribution in [0, 0.1) is 6.92 Å². The highest BCUT2D eigenvalue weighted by Crippen LogP contribution is 2.40. The minimum Gasteiger partial charge on any atom is -0.507 e. The molecule has 2 aliphatic heterocycles. The van der Waals surface area contributed by atoms with Crippen molar-refractivity contribution in [2.45, 2.75) is 13.0 Å². The van der Waals surface area contributed by atoms with E-state index in [-0.39, 0.29) is 17.9 Å². The van der Waals surface area contributed by atoms with Gasteiger partial charge in [-0.2, -0.15) is 5.10 Å². The maximum Gasteiger partial charge on any atom is 0.337 e. The van der Waals surface area contributed by atoms with Gasteiger partial charge in [0.2, 0.25) is 0 Å². The third kappa shape index (κ3) is 5.08. The minimum atomic E-state index is -0.836. The van der Waals surface area contributed by atoms with Crippen LogP contribution >= 0.6 is 0 Å². The molecular formula is C29H30N4O6. The van der Waals surface area contributed by atoms with Gasteiger partial charge in [0.15, 0.2) is 0 Å². The molecule has 10 nitrogen and oxygen atoms in total. The summed E-state index contributed by atoms with van der Waals surface area (Å²) in [5, 5.41) is 15.9. The van der Waals surface area contributed by atoms with E-state index in [1.54, 1.807) is 35.9 Å². The molecule has 0 unspecified atom stereocenters. The molecule has 0 saturated carbocycles. The van der Waals surface area contributed by atoms with E-state index in [9.17, 15) is 19.5 Å². The van der Waals surface area contributed by atoms with Gasteiger partial charge in [0, 0.05) is 26.2 Å². The van der Waals surface area contributed by atoms with Crippen molar-refractivity contribution in [1.29, 1.82) is 0 Å². The Balaban J connectivity index is 1.56. The number of ether oxygens (including phenoxy) is 2. The van der Waals surface area contributed by atoms with Gasteiger partial charge in [-0.1, -0.05) is 30.3 Å². The van der Waals surface area contributed by atoms with E-state index in [0.717, 1.165) is 18.8 Å². The third-order valence-corrected chi connectivity index (χ3v) is 7.21. The molecule has 0 spiro atoms. The number of hydrogen-bond acceptors (Lipinski definition) is 8. The number of rotatable bonds is 7. The Kier molecular flexibility index (Phi) is 7.58. The van der Waals surface area contributed by atoms with Gasteiger partial charge in [0.05, 0.1) is 60.6 Å². The number of amides is 1. The van der Waals surface area contributed by atoms with E-state index in [1.807, 2.05) is 30.3 Å². The van der Waals surface area contributed by atoms with Gasteiger partial charge in [0.1, 0.15) is 5.76 Å². The second-order valence-electron chi connectivity index (χ2n) is 9.45. The number of aliphatic hydroxyl groups excluding tert-OH is 1. The average molecular weight is 531 g/mol. The summed E-state index contributed by atoms with van der Waals surface area (Å²) in [5.74, 6) is -2.22. The van der Waals surface area contributed by atoms with Gasteiger partial charge in [-0.3, -0.25) is 14.5 Å². The van der Waals surface area contributed by atoms with Crippen molar-refractivity contribution in [3.63, 3.8) is 0 Å². The number of aromatic nitrogens is 2. The minimum absolute atomic E-state index is 0.0106. The van der Waals surface area contributed by atoms with Crippen LogP contribution in [0.4, 0.5) is 0 Å². The van der Waals surface area contributed by atoms with Crippen LogP contribution in [-0.2, 0) is 19.1 Å². The normalized spacial score (nSPS) is 19.4. The van der Waals surface area contributed by atoms with Crippen LogP contribution in [0.5, 0.6) is 0 Å². The SMILES string of the molecule is COC(=O)c1ccc([C@H]2C(=C(O)c3cnn(-c4ccccc4)c3C)C(=O)C(=O)N2CCN2CCOCC2)cc1. The van der Waals surface area contributed by atoms with Crippen molar-refractivity contribution >= 4 is 23.4 Å². The van der Waals surface area contributed by atoms with Crippen molar-refractivity contribution < 1.29 is 29.0 Å². The molecule has 10 heteroatoms. The predicted octanol–water partition coefficient (Wildman–Crippen LogP) is 2.72. The fraction of sp³-hybridized carbons (Fsp3) is 0.310. The standard InChI is InChI=1S/C29H30N4O6/c1-19-23(18-30-33(19)22-6-4-3-5-7-22)26(34)24-25(20-8-10-21(11-9-20)29(37)38-2)32(28(36)27(24)35)13-12-31-14-16-39-17-15-31/h3-11,18,25,34H,12-17H2,1-2H3/t25-/m0/s1. The zero-order chi connectivity index (χ0) is 27.5. The lowest BCUT2D eigenvalue weighted by Crippen LogP contribution is -2.42. The van der Waals surface area contributed by atoms with E-state index in [2.05, 4.69) is 10.00 Å². The molecule has 5 rings (SSSR count). The highest BCUT2D eigenvalue weighted by molar-refractivity contribution is 6.46. The molecule has 2 fully saturated rings. The lowest BCUT2D eigenvalue weighted by atomic mass is 9.94. The van der Waals surface area contributed by atoms with E-state index in [0.29, 0.717) is 42.1 Å². The second-order valence-corrected chi connectivity index (χ2v) is 9.45. The molecule has 39 heavy (non-hydrogen) atoms. The maximum absolute atomic E-state index is 13.4. The lowest BCUT2D eigenvalue weighted by molar-refractivity contribution is -0.140. The molecule has 0 radical (unpaired) electrons. The molecule has 1 N–H and O–H groups in total. The summed E-state index contributed by atoms with van der Waals surface area (Å²) in [4.78, 5) is 42.4. The Morgan fingerprint density at radius 2 is 1.74 bits per heavy atom. The Labute approximate surface area is 226 Å². The van der Waals surface area contributed by atoms with Gasteiger partial charge in [-0.15, -0.1) is 0 Å². The number of carbonyl (C=O) groups excluding carboxylic acids is 3. The molecule has 1 amide bonds. The molecule has 1 atom stereocenters. The first-order valence-electron chi connectivity index (χ1n) is 12.8. The number of ketones is 1. The number of likely N-dealkylation sites (tertiary alicyclic amines) is 1. The third-order valence-electron chi connectivity index (χ3n) is 7.21. The topological polar surface area (TPSA) is 114 Å². The van der Waals surface area contributed by atoms with Crippen LogP contribution in [0.25, 0.3) is 11.4 Å². The van der Waals surface area contributed by atoms with Gasteiger partial charge in [-0.05, 0) is 36.8 Å². The van der Waals surface area contributed by atoms with Gasteiger partial charge < -0.3 is 19.5 Å². The zero-order valence-electron chi connectivity index (χ0n) is 21.9. The Hall–Kier alpha value is -4.28. The smallest absolute Gasteiger partial charge is 0.337 e. The molecule has 0 bridgehead atoms. The summed E-state index contributed by atoms with van der Waals surface area (Å²) < 4.78 is 11.9. The molecule has 3 aromatic rings. The van der Waals surface area contributed by atoms with Crippen LogP contribution in [0.15, 0.2) is 66.4 Å². The highest BCUT2D eigenvalue weighted by atomic mass is 16.5. The summed E-state index contributed by atoms with van der Waals surface area (Å²) >= 11 is 0. The van der Waals surface area contributed by atoms with Crippen molar-refractivity contribution in [2.24, 2.45) is 0 Å². The van der Waals surface area contributed by atoms with Crippen molar-refractivity contribution in [3.05, 3.63) is 88.8 Å². The zero-order valence-corrected chi connectivity index (χ0v) is 21.9. The van der Waals surface area contributed by atoms with Crippen LogP contribution in [0.1, 0.15) is 33.2 Å². The van der Waals surface area contributed by atoms with Crippen LogP contribution in [0.3, 0.4) is 0 Å². The van der Waals surface area contributed by atoms with Crippen LogP contribution < -0.4 is 0 Å². The first kappa shape index (κ1) is 26.3. The monoisotopic (exact) mass is 530 g/mol. The fourth-order valence-electron chi connectivity index (χ4n) is 5.07. The Morgan fingerprint density at radius 3 is 2.41 bits per heavy atom. The van der Waals surface area contributed by atoms with Gasteiger partial charge in [-0.25, -0.2) is 9.48 Å². The average Bonchev–Trinajstić information content (AvgIpc) is 3.48. The summed E-state index contributed by atoms with van der Waals surface area (Å²) in [6.07, 6.45) is 1.50. The van der Waals surface area contributed by atoms with Crippen LogP contribution in [0.2, 0.25) is 0 Å². The number of aliphatic hydroxyl groups is 1. The number of morpholine rings is 1. The first-order chi connectivity index (χ1) is 18.9. The summed E-state index contributed by atoms with van der Waals surface area (Å²) in [6.45, 7) is 5.33. The fourth-order valence-corrected chi connectivity index (χ4v) is 5.07. The Bertz CT molecular complexity index is 1410. The summed E-state index contributed by atoms with van der Waals surface area (Å²) in [5.41, 5.74) is 2.71. The molecule has 2 saturated heterocycles. The number of Topliss-reactive ketones (excluding diaryl/α,β-unsaturated/α-hetero) is 1. The van der Waals surface area contributed by atoms with E-state index in [1.165, 1.54) is 18.2 Å². The van der Waals surface area contributed by atoms with Gasteiger partial charge >= 0.3 is 5.97 Å². The molecule has 2 aliphatic rings. The number of hydrogen-bond donors (Lipinski definition) is 1. The molecule has 3 heterocycles. The number of para-hydroxylation sites is 1.